The molecule has 140 valence electrons. The van der Waals surface area contributed by atoms with Gasteiger partial charge in [-0.15, -0.1) is 0 Å². The van der Waals surface area contributed by atoms with Crippen LogP contribution < -0.4 is 4.74 Å². The van der Waals surface area contributed by atoms with Gasteiger partial charge in [-0.1, -0.05) is 0 Å². The first-order valence-electron chi connectivity index (χ1n) is 9.04. The molecule has 7 heteroatoms. The molecular formula is C20H22FN5O. The molecule has 1 saturated heterocycles. The largest absolute Gasteiger partial charge is 0.439 e. The van der Waals surface area contributed by atoms with Crippen LogP contribution in [0.25, 0.3) is 0 Å². The van der Waals surface area contributed by atoms with Gasteiger partial charge in [-0.2, -0.15) is 4.98 Å². The van der Waals surface area contributed by atoms with Gasteiger partial charge in [-0.3, -0.25) is 4.90 Å². The second-order valence-corrected chi connectivity index (χ2v) is 6.94. The van der Waals surface area contributed by atoms with Gasteiger partial charge in [-0.25, -0.2) is 14.4 Å². The van der Waals surface area contributed by atoms with E-state index in [1.165, 1.54) is 12.1 Å². The summed E-state index contributed by atoms with van der Waals surface area (Å²) < 4.78 is 20.9. The van der Waals surface area contributed by atoms with E-state index in [1.54, 1.807) is 18.2 Å². The fraction of sp³-hybridized carbons (Fsp3) is 0.350. The lowest BCUT2D eigenvalue weighted by atomic mass is 10.1. The van der Waals surface area contributed by atoms with Crippen molar-refractivity contribution in [3.05, 3.63) is 65.9 Å². The highest BCUT2D eigenvalue weighted by molar-refractivity contribution is 5.28. The number of hydrogen-bond acceptors (Lipinski definition) is 5. The lowest BCUT2D eigenvalue weighted by molar-refractivity contribution is 0.313. The Hall–Kier alpha value is -2.80. The number of aromatic nitrogens is 4. The van der Waals surface area contributed by atoms with Crippen LogP contribution in [-0.2, 0) is 13.6 Å². The van der Waals surface area contributed by atoms with Crippen LogP contribution >= 0.6 is 0 Å². The molecule has 4 rings (SSSR count). The predicted molar refractivity (Wildman–Crippen MR) is 99.1 cm³/mol. The molecule has 0 radical (unpaired) electrons. The number of nitrogens with zero attached hydrogens (tertiary/aromatic N) is 5. The average molecular weight is 367 g/mol. The summed E-state index contributed by atoms with van der Waals surface area (Å²) in [6, 6.07) is 7.73. The maximum absolute atomic E-state index is 13.1. The van der Waals surface area contributed by atoms with Gasteiger partial charge in [0.1, 0.15) is 23.2 Å². The number of ether oxygens (including phenoxy) is 1. The quantitative estimate of drug-likeness (QED) is 0.691. The fourth-order valence-corrected chi connectivity index (χ4v) is 3.36. The molecule has 2 aromatic heterocycles. The van der Waals surface area contributed by atoms with Crippen LogP contribution in [0.2, 0.25) is 0 Å². The maximum atomic E-state index is 13.1. The molecule has 1 unspecified atom stereocenters. The number of hydrogen-bond donors (Lipinski definition) is 0. The molecule has 3 aromatic rings. The van der Waals surface area contributed by atoms with E-state index in [-0.39, 0.29) is 11.7 Å². The molecule has 0 amide bonds. The van der Waals surface area contributed by atoms with Gasteiger partial charge in [-0.05, 0) is 44.2 Å². The maximum Gasteiger partial charge on any atom is 0.222 e. The van der Waals surface area contributed by atoms with Gasteiger partial charge >= 0.3 is 0 Å². The third kappa shape index (κ3) is 4.14. The minimum Gasteiger partial charge on any atom is -0.439 e. The zero-order valence-electron chi connectivity index (χ0n) is 15.5. The molecule has 0 bridgehead atoms. The highest BCUT2D eigenvalue weighted by atomic mass is 19.1. The molecule has 1 aliphatic heterocycles. The average Bonchev–Trinajstić information content (AvgIpc) is 3.27. The first-order chi connectivity index (χ1) is 13.1. The van der Waals surface area contributed by atoms with Gasteiger partial charge in [0.2, 0.25) is 5.88 Å². The zero-order chi connectivity index (χ0) is 18.8. The minimum atomic E-state index is -0.291. The summed E-state index contributed by atoms with van der Waals surface area (Å²) in [6.07, 6.45) is 4.79. The standard InChI is InChI=1S/C20H22FN5O/c1-14-11-19(27-17-5-3-16(21)4-6-17)24-20(23-14)15-7-9-26(12-15)13-18-22-8-10-25(18)2/h3-6,8,10-11,15H,7,9,12-13H2,1-2H3. The van der Waals surface area contributed by atoms with Crippen LogP contribution in [0, 0.1) is 12.7 Å². The SMILES string of the molecule is Cc1cc(Oc2ccc(F)cc2)nc(C2CCN(Cc3nccn3C)C2)n1. The normalized spacial score (nSPS) is 17.4. The van der Waals surface area contributed by atoms with Crippen molar-refractivity contribution in [2.24, 2.45) is 7.05 Å². The molecule has 1 aromatic carbocycles. The molecule has 6 nitrogen and oxygen atoms in total. The van der Waals surface area contributed by atoms with Crippen molar-refractivity contribution >= 4 is 0 Å². The van der Waals surface area contributed by atoms with E-state index < -0.39 is 0 Å². The van der Waals surface area contributed by atoms with Crippen LogP contribution in [0.4, 0.5) is 4.39 Å². The Bertz CT molecular complexity index is 924. The predicted octanol–water partition coefficient (Wildman–Crippen LogP) is 3.44. The number of halogens is 1. The van der Waals surface area contributed by atoms with Crippen molar-refractivity contribution in [3.8, 4) is 11.6 Å². The minimum absolute atomic E-state index is 0.265. The van der Waals surface area contributed by atoms with Gasteiger partial charge in [0.05, 0.1) is 6.54 Å². The molecule has 0 saturated carbocycles. The third-order valence-electron chi connectivity index (χ3n) is 4.81. The Morgan fingerprint density at radius 1 is 1.22 bits per heavy atom. The Balaban J connectivity index is 1.46. The summed E-state index contributed by atoms with van der Waals surface area (Å²) >= 11 is 0. The Morgan fingerprint density at radius 2 is 2.04 bits per heavy atom. The molecule has 1 fully saturated rings. The summed E-state index contributed by atoms with van der Waals surface area (Å²) in [6.45, 7) is 4.64. The van der Waals surface area contributed by atoms with Crippen molar-refractivity contribution in [3.63, 3.8) is 0 Å². The first kappa shape index (κ1) is 17.6. The number of imidazole rings is 1. The molecule has 3 heterocycles. The molecule has 27 heavy (non-hydrogen) atoms. The molecular weight excluding hydrogens is 345 g/mol. The van der Waals surface area contributed by atoms with Crippen LogP contribution in [0.1, 0.15) is 29.7 Å². The van der Waals surface area contributed by atoms with E-state index in [9.17, 15) is 4.39 Å². The summed E-state index contributed by atoms with van der Waals surface area (Å²) in [4.78, 5) is 16.0. The van der Waals surface area contributed by atoms with Gasteiger partial charge in [0.15, 0.2) is 0 Å². The van der Waals surface area contributed by atoms with Crippen LogP contribution in [0.3, 0.4) is 0 Å². The fourth-order valence-electron chi connectivity index (χ4n) is 3.36. The lowest BCUT2D eigenvalue weighted by Crippen LogP contribution is -2.22. The second-order valence-electron chi connectivity index (χ2n) is 6.94. The summed E-state index contributed by atoms with van der Waals surface area (Å²) in [5.74, 6) is 2.88. The molecule has 1 atom stereocenters. The van der Waals surface area contributed by atoms with E-state index >= 15 is 0 Å². The van der Waals surface area contributed by atoms with Gasteiger partial charge in [0, 0.05) is 43.7 Å². The van der Waals surface area contributed by atoms with E-state index in [0.29, 0.717) is 11.6 Å². The smallest absolute Gasteiger partial charge is 0.222 e. The Kier molecular flexibility index (Phi) is 4.85. The molecule has 0 N–H and O–H groups in total. The third-order valence-corrected chi connectivity index (χ3v) is 4.81. The highest BCUT2D eigenvalue weighted by Crippen LogP contribution is 2.28. The summed E-state index contributed by atoms with van der Waals surface area (Å²) in [5.41, 5.74) is 0.861. The van der Waals surface area contributed by atoms with Crippen molar-refractivity contribution < 1.29 is 9.13 Å². The van der Waals surface area contributed by atoms with E-state index in [4.69, 9.17) is 4.74 Å². The van der Waals surface area contributed by atoms with E-state index in [1.807, 2.05) is 30.9 Å². The van der Waals surface area contributed by atoms with Crippen LogP contribution in [-0.4, -0.2) is 37.5 Å². The number of rotatable bonds is 5. The van der Waals surface area contributed by atoms with Crippen molar-refractivity contribution in [2.45, 2.75) is 25.8 Å². The monoisotopic (exact) mass is 367 g/mol. The van der Waals surface area contributed by atoms with E-state index in [0.717, 1.165) is 43.4 Å². The van der Waals surface area contributed by atoms with Crippen molar-refractivity contribution in [1.82, 2.24) is 24.4 Å². The zero-order valence-corrected chi connectivity index (χ0v) is 15.5. The Morgan fingerprint density at radius 3 is 2.78 bits per heavy atom. The Labute approximate surface area is 157 Å². The molecule has 1 aliphatic rings. The summed E-state index contributed by atoms with van der Waals surface area (Å²) in [5, 5.41) is 0. The van der Waals surface area contributed by atoms with E-state index in [2.05, 4.69) is 19.9 Å². The van der Waals surface area contributed by atoms with Crippen LogP contribution in [0.5, 0.6) is 11.6 Å². The molecule has 0 aliphatic carbocycles. The van der Waals surface area contributed by atoms with Crippen LogP contribution in [0.15, 0.2) is 42.7 Å². The highest BCUT2D eigenvalue weighted by Gasteiger charge is 2.27. The van der Waals surface area contributed by atoms with Crippen molar-refractivity contribution in [2.75, 3.05) is 13.1 Å². The summed E-state index contributed by atoms with van der Waals surface area (Å²) in [7, 11) is 2.01. The van der Waals surface area contributed by atoms with Crippen molar-refractivity contribution in [1.29, 1.82) is 0 Å². The first-order valence-corrected chi connectivity index (χ1v) is 9.04. The number of benzene rings is 1. The van der Waals surface area contributed by atoms with Gasteiger partial charge < -0.3 is 9.30 Å². The van der Waals surface area contributed by atoms with Gasteiger partial charge in [0.25, 0.3) is 0 Å². The molecule has 0 spiro atoms. The topological polar surface area (TPSA) is 56.1 Å². The number of likely N-dealkylation sites (tertiary alicyclic amines) is 1. The lowest BCUT2D eigenvalue weighted by Gasteiger charge is -2.16. The second kappa shape index (κ2) is 7.44. The number of aryl methyl sites for hydroxylation is 2.